The smallest absolute Gasteiger partial charge is 0.0195 e. The first-order valence-corrected chi connectivity index (χ1v) is 7.32. The van der Waals surface area contributed by atoms with Crippen LogP contribution in [0.3, 0.4) is 0 Å². The summed E-state index contributed by atoms with van der Waals surface area (Å²) in [6, 6.07) is 0.719. The average Bonchev–Trinajstić information content (AvgIpc) is 2.72. The Labute approximate surface area is 106 Å². The monoisotopic (exact) mass is 242 g/mol. The fourth-order valence-electron chi connectivity index (χ4n) is 3.33. The van der Waals surface area contributed by atoms with Gasteiger partial charge in [-0.1, -0.05) is 12.8 Å². The lowest BCUT2D eigenvalue weighted by molar-refractivity contribution is 0.0633. The van der Waals surface area contributed by atoms with Crippen molar-refractivity contribution in [1.82, 2.24) is 9.80 Å². The van der Waals surface area contributed by atoms with Gasteiger partial charge in [-0.25, -0.2) is 0 Å². The van der Waals surface area contributed by atoms with Crippen LogP contribution in [0, 0.1) is 5.41 Å². The Morgan fingerprint density at radius 3 is 2.50 bits per heavy atom. The molecule has 0 spiro atoms. The van der Waals surface area contributed by atoms with Crippen molar-refractivity contribution in [3.8, 4) is 0 Å². The van der Waals surface area contributed by atoms with Crippen molar-refractivity contribution in [3.05, 3.63) is 0 Å². The molecule has 94 valence electrons. The van der Waals surface area contributed by atoms with E-state index in [0.29, 0.717) is 5.41 Å². The number of nitrogens with zero attached hydrogens (tertiary/aromatic N) is 2. The normalized spacial score (nSPS) is 32.1. The second-order valence-electron chi connectivity index (χ2n) is 5.95. The fourth-order valence-corrected chi connectivity index (χ4v) is 3.75. The van der Waals surface area contributed by atoms with Gasteiger partial charge in [-0.3, -0.25) is 4.90 Å². The molecule has 3 heteroatoms. The van der Waals surface area contributed by atoms with Crippen LogP contribution in [-0.4, -0.2) is 54.8 Å². The van der Waals surface area contributed by atoms with Crippen molar-refractivity contribution in [3.63, 3.8) is 0 Å². The molecule has 1 saturated carbocycles. The third-order valence-electron chi connectivity index (χ3n) is 4.51. The highest BCUT2D eigenvalue weighted by atomic mass is 32.1. The third-order valence-corrected chi connectivity index (χ3v) is 5.18. The van der Waals surface area contributed by atoms with Crippen molar-refractivity contribution in [2.75, 3.05) is 39.0 Å². The second kappa shape index (κ2) is 5.28. The zero-order valence-corrected chi connectivity index (χ0v) is 11.7. The highest BCUT2D eigenvalue weighted by Crippen LogP contribution is 2.40. The summed E-state index contributed by atoms with van der Waals surface area (Å²) in [5.41, 5.74) is 0.535. The van der Waals surface area contributed by atoms with Crippen LogP contribution >= 0.6 is 12.6 Å². The maximum Gasteiger partial charge on any atom is 0.0195 e. The minimum Gasteiger partial charge on any atom is -0.304 e. The van der Waals surface area contributed by atoms with E-state index in [1.54, 1.807) is 0 Å². The molecular formula is C13H26N2S. The molecule has 1 atom stereocenters. The van der Waals surface area contributed by atoms with E-state index in [9.17, 15) is 0 Å². The third kappa shape index (κ3) is 2.74. The van der Waals surface area contributed by atoms with Gasteiger partial charge in [0.1, 0.15) is 0 Å². The van der Waals surface area contributed by atoms with Crippen molar-refractivity contribution >= 4 is 12.6 Å². The van der Waals surface area contributed by atoms with Gasteiger partial charge in [0.15, 0.2) is 0 Å². The van der Waals surface area contributed by atoms with Gasteiger partial charge in [-0.2, -0.15) is 12.6 Å². The summed E-state index contributed by atoms with van der Waals surface area (Å²) in [5.74, 6) is 1.08. The van der Waals surface area contributed by atoms with Gasteiger partial charge in [0, 0.05) is 32.2 Å². The molecule has 1 saturated heterocycles. The molecule has 2 rings (SSSR count). The Morgan fingerprint density at radius 2 is 1.94 bits per heavy atom. The standard InChI is InChI=1S/C13H26N2S/c1-12-9-14(2)7-8-15(12)10-13(11-16)5-3-4-6-13/h12,16H,3-11H2,1-2H3. The Balaban J connectivity index is 1.92. The molecule has 0 aromatic rings. The van der Waals surface area contributed by atoms with Crippen LogP contribution in [0.15, 0.2) is 0 Å². The zero-order chi connectivity index (χ0) is 11.6. The van der Waals surface area contributed by atoms with E-state index in [1.165, 1.54) is 51.9 Å². The lowest BCUT2D eigenvalue weighted by atomic mass is 9.87. The van der Waals surface area contributed by atoms with Gasteiger partial charge in [0.25, 0.3) is 0 Å². The van der Waals surface area contributed by atoms with Crippen LogP contribution in [0.5, 0.6) is 0 Å². The lowest BCUT2D eigenvalue weighted by Gasteiger charge is -2.43. The van der Waals surface area contributed by atoms with Crippen molar-refractivity contribution in [2.45, 2.75) is 38.6 Å². The molecule has 0 amide bonds. The summed E-state index contributed by atoms with van der Waals surface area (Å²) in [4.78, 5) is 5.14. The van der Waals surface area contributed by atoms with Gasteiger partial charge in [0.05, 0.1) is 0 Å². The predicted molar refractivity (Wildman–Crippen MR) is 73.3 cm³/mol. The largest absolute Gasteiger partial charge is 0.304 e. The SMILES string of the molecule is CC1CN(C)CCN1CC1(CS)CCCC1. The molecule has 2 nitrogen and oxygen atoms in total. The van der Waals surface area contributed by atoms with Crippen LogP contribution in [0.4, 0.5) is 0 Å². The Morgan fingerprint density at radius 1 is 1.25 bits per heavy atom. The number of hydrogen-bond donors (Lipinski definition) is 1. The molecule has 0 aromatic carbocycles. The number of likely N-dealkylation sites (N-methyl/N-ethyl adjacent to an activating group) is 1. The summed E-state index contributed by atoms with van der Waals surface area (Å²) in [6.07, 6.45) is 5.64. The van der Waals surface area contributed by atoms with Gasteiger partial charge >= 0.3 is 0 Å². The van der Waals surface area contributed by atoms with E-state index in [0.717, 1.165) is 11.8 Å². The number of thiol groups is 1. The second-order valence-corrected chi connectivity index (χ2v) is 6.26. The summed E-state index contributed by atoms with van der Waals surface area (Å²) in [7, 11) is 2.23. The van der Waals surface area contributed by atoms with E-state index < -0.39 is 0 Å². The van der Waals surface area contributed by atoms with E-state index in [-0.39, 0.29) is 0 Å². The number of hydrogen-bond acceptors (Lipinski definition) is 3. The average molecular weight is 242 g/mol. The quantitative estimate of drug-likeness (QED) is 0.757. The summed E-state index contributed by atoms with van der Waals surface area (Å²) >= 11 is 4.61. The van der Waals surface area contributed by atoms with E-state index >= 15 is 0 Å². The first-order valence-electron chi connectivity index (χ1n) is 6.69. The topological polar surface area (TPSA) is 6.48 Å². The van der Waals surface area contributed by atoms with Crippen molar-refractivity contribution in [2.24, 2.45) is 5.41 Å². The maximum atomic E-state index is 4.61. The van der Waals surface area contributed by atoms with Crippen LogP contribution in [0.1, 0.15) is 32.6 Å². The van der Waals surface area contributed by atoms with Gasteiger partial charge in [0.2, 0.25) is 0 Å². The van der Waals surface area contributed by atoms with Gasteiger partial charge in [-0.15, -0.1) is 0 Å². The van der Waals surface area contributed by atoms with E-state index in [4.69, 9.17) is 0 Å². The minimum atomic E-state index is 0.535. The van der Waals surface area contributed by atoms with Crippen LogP contribution < -0.4 is 0 Å². The Hall–Kier alpha value is 0.270. The van der Waals surface area contributed by atoms with Gasteiger partial charge < -0.3 is 4.90 Å². The van der Waals surface area contributed by atoms with E-state index in [2.05, 4.69) is 36.4 Å². The highest BCUT2D eigenvalue weighted by molar-refractivity contribution is 7.80. The summed E-state index contributed by atoms with van der Waals surface area (Å²) < 4.78 is 0. The summed E-state index contributed by atoms with van der Waals surface area (Å²) in [6.45, 7) is 7.35. The molecule has 1 unspecified atom stereocenters. The molecule has 0 bridgehead atoms. The molecule has 0 aromatic heterocycles. The van der Waals surface area contributed by atoms with Crippen LogP contribution in [-0.2, 0) is 0 Å². The van der Waals surface area contributed by atoms with Crippen LogP contribution in [0.2, 0.25) is 0 Å². The molecule has 2 aliphatic rings. The van der Waals surface area contributed by atoms with Crippen LogP contribution in [0.25, 0.3) is 0 Å². The summed E-state index contributed by atoms with van der Waals surface area (Å²) in [5, 5.41) is 0. The van der Waals surface area contributed by atoms with E-state index in [1.807, 2.05) is 0 Å². The first kappa shape index (κ1) is 12.7. The molecule has 0 radical (unpaired) electrons. The molecule has 0 N–H and O–H groups in total. The molecule has 2 fully saturated rings. The molecule has 1 heterocycles. The molecular weight excluding hydrogens is 216 g/mol. The molecule has 16 heavy (non-hydrogen) atoms. The van der Waals surface area contributed by atoms with Crippen molar-refractivity contribution < 1.29 is 0 Å². The number of piperazine rings is 1. The minimum absolute atomic E-state index is 0.535. The number of rotatable bonds is 3. The van der Waals surface area contributed by atoms with Crippen molar-refractivity contribution in [1.29, 1.82) is 0 Å². The lowest BCUT2D eigenvalue weighted by Crippen LogP contribution is -2.53. The fraction of sp³-hybridized carbons (Fsp3) is 1.00. The Kier molecular flexibility index (Phi) is 4.20. The first-order chi connectivity index (χ1) is 7.65. The molecule has 1 aliphatic heterocycles. The molecule has 1 aliphatic carbocycles. The Bertz CT molecular complexity index is 226. The highest BCUT2D eigenvalue weighted by Gasteiger charge is 2.36. The maximum absolute atomic E-state index is 4.61. The zero-order valence-electron chi connectivity index (χ0n) is 10.8. The predicted octanol–water partition coefficient (Wildman–Crippen LogP) is 2.11. The van der Waals surface area contributed by atoms with Gasteiger partial charge in [-0.05, 0) is 38.0 Å².